The SMILES string of the molecule is Cc1ccc([C@H](CNC(=O)CCN2C(=O)CCC2=O)N2CCCC2)o1. The van der Waals surface area contributed by atoms with Gasteiger partial charge in [-0.15, -0.1) is 0 Å². The molecule has 0 saturated carbocycles. The molecule has 3 heterocycles. The number of likely N-dealkylation sites (tertiary alicyclic amines) is 2. The summed E-state index contributed by atoms with van der Waals surface area (Å²) in [5.74, 6) is 1.21. The normalized spacial score (nSPS) is 19.6. The predicted octanol–water partition coefficient (Wildman–Crippen LogP) is 1.38. The standard InChI is InChI=1S/C18H25N3O4/c1-13-4-5-15(25-13)14(20-9-2-3-10-20)12-19-16(22)8-11-21-17(23)6-7-18(21)24/h4-5,14H,2-3,6-12H2,1H3,(H,19,22)/t14-/m0/s1. The number of furan rings is 1. The zero-order valence-corrected chi connectivity index (χ0v) is 14.6. The Balaban J connectivity index is 1.52. The summed E-state index contributed by atoms with van der Waals surface area (Å²) in [6, 6.07) is 3.92. The highest BCUT2D eigenvalue weighted by Gasteiger charge is 2.29. The van der Waals surface area contributed by atoms with Crippen molar-refractivity contribution in [2.75, 3.05) is 26.2 Å². The van der Waals surface area contributed by atoms with Crippen molar-refractivity contribution in [3.63, 3.8) is 0 Å². The number of imide groups is 1. The fraction of sp³-hybridized carbons (Fsp3) is 0.611. The van der Waals surface area contributed by atoms with Crippen molar-refractivity contribution in [3.05, 3.63) is 23.7 Å². The second-order valence-electron chi connectivity index (χ2n) is 6.70. The Morgan fingerprint density at radius 3 is 2.48 bits per heavy atom. The van der Waals surface area contributed by atoms with Crippen LogP contribution in [0.5, 0.6) is 0 Å². The van der Waals surface area contributed by atoms with Crippen LogP contribution < -0.4 is 5.32 Å². The number of hydrogen-bond donors (Lipinski definition) is 1. The molecule has 1 atom stereocenters. The monoisotopic (exact) mass is 347 g/mol. The third kappa shape index (κ3) is 4.28. The number of carbonyl (C=O) groups is 3. The van der Waals surface area contributed by atoms with Gasteiger partial charge in [-0.3, -0.25) is 24.2 Å². The second kappa shape index (κ2) is 7.82. The molecule has 2 aliphatic heterocycles. The first-order valence-electron chi connectivity index (χ1n) is 8.95. The Labute approximate surface area is 147 Å². The third-order valence-electron chi connectivity index (χ3n) is 4.88. The van der Waals surface area contributed by atoms with Gasteiger partial charge in [-0.25, -0.2) is 0 Å². The highest BCUT2D eigenvalue weighted by atomic mass is 16.3. The second-order valence-corrected chi connectivity index (χ2v) is 6.70. The van der Waals surface area contributed by atoms with E-state index in [1.165, 1.54) is 4.90 Å². The molecule has 0 bridgehead atoms. The Hall–Kier alpha value is -2.15. The summed E-state index contributed by atoms with van der Waals surface area (Å²) in [4.78, 5) is 38.8. The molecule has 2 fully saturated rings. The number of nitrogens with one attached hydrogen (secondary N) is 1. The smallest absolute Gasteiger partial charge is 0.229 e. The fourth-order valence-electron chi connectivity index (χ4n) is 3.48. The fourth-order valence-corrected chi connectivity index (χ4v) is 3.48. The molecule has 7 heteroatoms. The van der Waals surface area contributed by atoms with E-state index >= 15 is 0 Å². The number of carbonyl (C=O) groups excluding carboxylic acids is 3. The van der Waals surface area contributed by atoms with Gasteiger partial charge < -0.3 is 9.73 Å². The number of hydrogen-bond acceptors (Lipinski definition) is 5. The van der Waals surface area contributed by atoms with Gasteiger partial charge in [0.05, 0.1) is 6.04 Å². The van der Waals surface area contributed by atoms with Gasteiger partial charge in [0.15, 0.2) is 0 Å². The van der Waals surface area contributed by atoms with Gasteiger partial charge in [-0.2, -0.15) is 0 Å². The van der Waals surface area contributed by atoms with Crippen LogP contribution in [0.3, 0.4) is 0 Å². The van der Waals surface area contributed by atoms with Crippen molar-refractivity contribution in [2.45, 2.75) is 45.1 Å². The lowest BCUT2D eigenvalue weighted by Crippen LogP contribution is -2.38. The van der Waals surface area contributed by atoms with Crippen molar-refractivity contribution in [3.8, 4) is 0 Å². The molecule has 136 valence electrons. The van der Waals surface area contributed by atoms with Crippen LogP contribution in [-0.4, -0.2) is 53.7 Å². The highest BCUT2D eigenvalue weighted by molar-refractivity contribution is 6.02. The van der Waals surface area contributed by atoms with Crippen LogP contribution >= 0.6 is 0 Å². The molecule has 1 aromatic rings. The van der Waals surface area contributed by atoms with Gasteiger partial charge in [0.25, 0.3) is 0 Å². The molecule has 1 aromatic heterocycles. The van der Waals surface area contributed by atoms with Crippen LogP contribution in [0.25, 0.3) is 0 Å². The van der Waals surface area contributed by atoms with E-state index in [2.05, 4.69) is 10.2 Å². The van der Waals surface area contributed by atoms with Crippen LogP contribution in [0.15, 0.2) is 16.5 Å². The number of nitrogens with zero attached hydrogens (tertiary/aromatic N) is 2. The number of rotatable bonds is 7. The predicted molar refractivity (Wildman–Crippen MR) is 90.6 cm³/mol. The lowest BCUT2D eigenvalue weighted by molar-refractivity contribution is -0.138. The highest BCUT2D eigenvalue weighted by Crippen LogP contribution is 2.26. The van der Waals surface area contributed by atoms with E-state index in [1.807, 2.05) is 19.1 Å². The van der Waals surface area contributed by atoms with Crippen molar-refractivity contribution >= 4 is 17.7 Å². The van der Waals surface area contributed by atoms with Crippen molar-refractivity contribution < 1.29 is 18.8 Å². The van der Waals surface area contributed by atoms with Gasteiger partial charge >= 0.3 is 0 Å². The molecular weight excluding hydrogens is 322 g/mol. The van der Waals surface area contributed by atoms with Crippen LogP contribution in [0.1, 0.15) is 49.7 Å². The molecule has 2 aliphatic rings. The maximum Gasteiger partial charge on any atom is 0.229 e. The average Bonchev–Trinajstić information content (AvgIpc) is 3.31. The van der Waals surface area contributed by atoms with Crippen LogP contribution in [-0.2, 0) is 14.4 Å². The Kier molecular flexibility index (Phi) is 5.53. The van der Waals surface area contributed by atoms with E-state index < -0.39 is 0 Å². The zero-order valence-electron chi connectivity index (χ0n) is 14.6. The molecule has 2 saturated heterocycles. The first-order valence-corrected chi connectivity index (χ1v) is 8.95. The maximum atomic E-state index is 12.2. The first-order chi connectivity index (χ1) is 12.0. The largest absolute Gasteiger partial charge is 0.465 e. The quantitative estimate of drug-likeness (QED) is 0.754. The lowest BCUT2D eigenvalue weighted by Gasteiger charge is -2.26. The van der Waals surface area contributed by atoms with Crippen LogP contribution in [0.2, 0.25) is 0 Å². The first kappa shape index (κ1) is 17.7. The minimum Gasteiger partial charge on any atom is -0.465 e. The molecule has 3 rings (SSSR count). The maximum absolute atomic E-state index is 12.2. The molecule has 25 heavy (non-hydrogen) atoms. The minimum atomic E-state index is -0.182. The Morgan fingerprint density at radius 2 is 1.88 bits per heavy atom. The summed E-state index contributed by atoms with van der Waals surface area (Å²) in [5.41, 5.74) is 0. The van der Waals surface area contributed by atoms with E-state index in [1.54, 1.807) is 0 Å². The summed E-state index contributed by atoms with van der Waals surface area (Å²) >= 11 is 0. The summed E-state index contributed by atoms with van der Waals surface area (Å²) in [6.45, 7) is 4.53. The van der Waals surface area contributed by atoms with Gasteiger partial charge in [0, 0.05) is 32.4 Å². The van der Waals surface area contributed by atoms with Gasteiger partial charge in [0.2, 0.25) is 17.7 Å². The molecule has 3 amide bonds. The lowest BCUT2D eigenvalue weighted by atomic mass is 10.2. The van der Waals surface area contributed by atoms with Crippen LogP contribution in [0, 0.1) is 6.92 Å². The molecule has 0 aromatic carbocycles. The topological polar surface area (TPSA) is 82.9 Å². The van der Waals surface area contributed by atoms with Gasteiger partial charge in [0.1, 0.15) is 11.5 Å². The average molecular weight is 347 g/mol. The van der Waals surface area contributed by atoms with Crippen molar-refractivity contribution in [1.82, 2.24) is 15.1 Å². The summed E-state index contributed by atoms with van der Waals surface area (Å²) < 4.78 is 5.77. The molecule has 7 nitrogen and oxygen atoms in total. The molecule has 0 aliphatic carbocycles. The van der Waals surface area contributed by atoms with Crippen molar-refractivity contribution in [2.24, 2.45) is 0 Å². The summed E-state index contributed by atoms with van der Waals surface area (Å²) in [5, 5.41) is 2.93. The zero-order chi connectivity index (χ0) is 17.8. The van der Waals surface area contributed by atoms with Gasteiger partial charge in [-0.05, 0) is 45.0 Å². The van der Waals surface area contributed by atoms with E-state index in [0.29, 0.717) is 6.54 Å². The molecule has 1 N–H and O–H groups in total. The minimum absolute atomic E-state index is 0.0233. The number of amides is 3. The Bertz CT molecular complexity index is 633. The van der Waals surface area contributed by atoms with E-state index in [4.69, 9.17) is 4.42 Å². The van der Waals surface area contributed by atoms with Crippen molar-refractivity contribution in [1.29, 1.82) is 0 Å². The Morgan fingerprint density at radius 1 is 1.20 bits per heavy atom. The summed E-state index contributed by atoms with van der Waals surface area (Å²) in [7, 11) is 0. The molecule has 0 spiro atoms. The number of aryl methyl sites for hydroxylation is 1. The van der Waals surface area contributed by atoms with E-state index in [9.17, 15) is 14.4 Å². The van der Waals surface area contributed by atoms with E-state index in [-0.39, 0.29) is 49.6 Å². The third-order valence-corrected chi connectivity index (χ3v) is 4.88. The van der Waals surface area contributed by atoms with E-state index in [0.717, 1.165) is 37.5 Å². The van der Waals surface area contributed by atoms with Gasteiger partial charge in [-0.1, -0.05) is 0 Å². The molecule has 0 unspecified atom stereocenters. The molecular formula is C18H25N3O4. The molecule has 0 radical (unpaired) electrons. The van der Waals surface area contributed by atoms with Crippen LogP contribution in [0.4, 0.5) is 0 Å². The summed E-state index contributed by atoms with van der Waals surface area (Å²) in [6.07, 6.45) is 2.97.